The van der Waals surface area contributed by atoms with Gasteiger partial charge in [0.05, 0.1) is 0 Å². The number of sulfonamides is 1. The molecule has 1 aromatic rings. The van der Waals surface area contributed by atoms with E-state index < -0.39 is 34.0 Å². The minimum absolute atomic E-state index is 0.197. The van der Waals surface area contributed by atoms with Crippen molar-refractivity contribution >= 4 is 33.2 Å². The van der Waals surface area contributed by atoms with Crippen molar-refractivity contribution in [1.29, 1.82) is 0 Å². The van der Waals surface area contributed by atoms with E-state index in [1.165, 1.54) is 10.4 Å². The molecule has 2 atom stereocenters. The van der Waals surface area contributed by atoms with Gasteiger partial charge in [-0.1, -0.05) is 25.8 Å². The van der Waals surface area contributed by atoms with Gasteiger partial charge in [0.2, 0.25) is 5.91 Å². The minimum Gasteiger partial charge on any atom is -0.480 e. The molecule has 0 aliphatic carbocycles. The number of unbranched alkanes of at least 4 members (excludes halogenated alkanes) is 1. The van der Waals surface area contributed by atoms with Crippen LogP contribution in [0.15, 0.2) is 21.7 Å². The summed E-state index contributed by atoms with van der Waals surface area (Å²) in [6.07, 6.45) is 2.81. The maximum Gasteiger partial charge on any atom is 0.326 e. The highest BCUT2D eigenvalue weighted by Gasteiger charge is 2.40. The van der Waals surface area contributed by atoms with Crippen molar-refractivity contribution in [1.82, 2.24) is 9.62 Å². The van der Waals surface area contributed by atoms with Gasteiger partial charge in [0.15, 0.2) is 0 Å². The van der Waals surface area contributed by atoms with Gasteiger partial charge in [-0.3, -0.25) is 4.79 Å². The molecule has 134 valence electrons. The quantitative estimate of drug-likeness (QED) is 0.720. The molecule has 0 saturated carbocycles. The average molecular weight is 374 g/mol. The van der Waals surface area contributed by atoms with Gasteiger partial charge in [0.25, 0.3) is 10.0 Å². The zero-order valence-electron chi connectivity index (χ0n) is 13.5. The summed E-state index contributed by atoms with van der Waals surface area (Å²) in [6.45, 7) is 2.21. The first-order chi connectivity index (χ1) is 11.4. The molecule has 2 N–H and O–H groups in total. The Bertz CT molecular complexity index is 672. The summed E-state index contributed by atoms with van der Waals surface area (Å²) >= 11 is 1.10. The number of thiophene rings is 1. The molecule has 2 rings (SSSR count). The van der Waals surface area contributed by atoms with Gasteiger partial charge in [-0.15, -0.1) is 11.3 Å². The van der Waals surface area contributed by atoms with Crippen molar-refractivity contribution in [3.05, 3.63) is 17.5 Å². The Labute approximate surface area is 145 Å². The molecule has 1 saturated heterocycles. The van der Waals surface area contributed by atoms with Crippen LogP contribution in [0.25, 0.3) is 0 Å². The molecule has 0 bridgehead atoms. The van der Waals surface area contributed by atoms with E-state index in [1.54, 1.807) is 11.4 Å². The predicted octanol–water partition coefficient (Wildman–Crippen LogP) is 1.66. The fourth-order valence-electron chi connectivity index (χ4n) is 2.75. The molecular weight excluding hydrogens is 352 g/mol. The molecule has 1 fully saturated rings. The van der Waals surface area contributed by atoms with Gasteiger partial charge >= 0.3 is 5.97 Å². The molecule has 7 nitrogen and oxygen atoms in total. The number of carboxylic acids is 1. The predicted molar refractivity (Wildman–Crippen MR) is 90.3 cm³/mol. The zero-order chi connectivity index (χ0) is 17.7. The molecule has 1 aromatic heterocycles. The summed E-state index contributed by atoms with van der Waals surface area (Å²) < 4.78 is 26.7. The molecule has 9 heteroatoms. The van der Waals surface area contributed by atoms with Crippen LogP contribution >= 0.6 is 11.3 Å². The Balaban J connectivity index is 2.12. The van der Waals surface area contributed by atoms with Crippen molar-refractivity contribution in [2.24, 2.45) is 0 Å². The van der Waals surface area contributed by atoms with E-state index in [-0.39, 0.29) is 10.8 Å². The minimum atomic E-state index is -3.72. The van der Waals surface area contributed by atoms with Crippen molar-refractivity contribution in [3.63, 3.8) is 0 Å². The highest BCUT2D eigenvalue weighted by Crippen LogP contribution is 2.28. The topological polar surface area (TPSA) is 104 Å². The van der Waals surface area contributed by atoms with Gasteiger partial charge < -0.3 is 10.4 Å². The summed E-state index contributed by atoms with van der Waals surface area (Å²) in [4.78, 5) is 23.7. The summed E-state index contributed by atoms with van der Waals surface area (Å²) in [5.41, 5.74) is 0. The largest absolute Gasteiger partial charge is 0.480 e. The lowest BCUT2D eigenvalue weighted by Crippen LogP contribution is -2.50. The van der Waals surface area contributed by atoms with Gasteiger partial charge in [0.1, 0.15) is 16.3 Å². The normalized spacial score (nSPS) is 20.0. The molecule has 24 heavy (non-hydrogen) atoms. The fraction of sp³-hybridized carbons (Fsp3) is 0.600. The highest BCUT2D eigenvalue weighted by atomic mass is 32.2. The molecule has 1 unspecified atom stereocenters. The number of carbonyl (C=O) groups excluding carboxylic acids is 1. The monoisotopic (exact) mass is 374 g/mol. The van der Waals surface area contributed by atoms with E-state index in [1.807, 2.05) is 6.92 Å². The second-order valence-electron chi connectivity index (χ2n) is 5.75. The van der Waals surface area contributed by atoms with Crippen LogP contribution in [0.4, 0.5) is 0 Å². The van der Waals surface area contributed by atoms with Gasteiger partial charge in [-0.05, 0) is 30.7 Å². The Morgan fingerprint density at radius 3 is 2.83 bits per heavy atom. The van der Waals surface area contributed by atoms with Crippen molar-refractivity contribution in [2.45, 2.75) is 55.3 Å². The molecule has 0 radical (unpaired) electrons. The summed E-state index contributed by atoms with van der Waals surface area (Å²) in [5.74, 6) is -1.63. The van der Waals surface area contributed by atoms with E-state index in [4.69, 9.17) is 0 Å². The second-order valence-corrected chi connectivity index (χ2v) is 8.81. The van der Waals surface area contributed by atoms with Crippen LogP contribution in [0.2, 0.25) is 0 Å². The van der Waals surface area contributed by atoms with Crippen LogP contribution in [0, 0.1) is 0 Å². The lowest BCUT2D eigenvalue weighted by molar-refractivity contribution is -0.142. The number of nitrogens with zero attached hydrogens (tertiary/aromatic N) is 1. The zero-order valence-corrected chi connectivity index (χ0v) is 15.1. The number of rotatable bonds is 8. The van der Waals surface area contributed by atoms with E-state index in [0.29, 0.717) is 25.7 Å². The van der Waals surface area contributed by atoms with Crippen LogP contribution < -0.4 is 5.32 Å². The van der Waals surface area contributed by atoms with Crippen molar-refractivity contribution in [3.8, 4) is 0 Å². The number of carbonyl (C=O) groups is 2. The fourth-order valence-corrected chi connectivity index (χ4v) is 5.53. The average Bonchev–Trinajstić information content (AvgIpc) is 3.22. The smallest absolute Gasteiger partial charge is 0.326 e. The summed E-state index contributed by atoms with van der Waals surface area (Å²) in [5, 5.41) is 13.4. The van der Waals surface area contributed by atoms with Gasteiger partial charge in [-0.25, -0.2) is 13.2 Å². The second kappa shape index (κ2) is 8.09. The van der Waals surface area contributed by atoms with Crippen LogP contribution in [-0.2, 0) is 19.6 Å². The number of nitrogens with one attached hydrogen (secondary N) is 1. The molecule has 0 aromatic carbocycles. The highest BCUT2D eigenvalue weighted by molar-refractivity contribution is 7.91. The molecule has 1 amide bonds. The van der Waals surface area contributed by atoms with Crippen LogP contribution in [0.3, 0.4) is 0 Å². The molecule has 0 spiro atoms. The van der Waals surface area contributed by atoms with Gasteiger partial charge in [-0.2, -0.15) is 4.31 Å². The van der Waals surface area contributed by atoms with Crippen LogP contribution in [-0.4, -0.2) is 48.3 Å². The van der Waals surface area contributed by atoms with Gasteiger partial charge in [0, 0.05) is 6.54 Å². The van der Waals surface area contributed by atoms with Crippen molar-refractivity contribution < 1.29 is 23.1 Å². The molecular formula is C15H22N2O5S2. The van der Waals surface area contributed by atoms with E-state index >= 15 is 0 Å². The number of carboxylic acid groups (broad SMARTS) is 1. The standard InChI is InChI=1S/C15H22N2O5S2/c1-2-3-6-11(15(19)20)16-14(18)12-7-4-9-17(12)24(21,22)13-8-5-10-23-13/h5,8,10-12H,2-4,6-7,9H2,1H3,(H,16,18)(H,19,20)/t11-,12?/m0/s1. The molecule has 2 heterocycles. The Morgan fingerprint density at radius 2 is 2.25 bits per heavy atom. The third-order valence-corrected chi connectivity index (χ3v) is 7.31. The first kappa shape index (κ1) is 18.9. The van der Waals surface area contributed by atoms with E-state index in [0.717, 1.165) is 17.8 Å². The number of aliphatic carboxylic acids is 1. The number of amides is 1. The van der Waals surface area contributed by atoms with E-state index in [2.05, 4.69) is 5.32 Å². The lowest BCUT2D eigenvalue weighted by atomic mass is 10.1. The Kier molecular flexibility index (Phi) is 6.36. The Morgan fingerprint density at radius 1 is 1.50 bits per heavy atom. The lowest BCUT2D eigenvalue weighted by Gasteiger charge is -2.24. The Hall–Kier alpha value is -1.45. The SMILES string of the molecule is CCCC[C@H](NC(=O)C1CCCN1S(=O)(=O)c1cccs1)C(=O)O. The maximum absolute atomic E-state index is 12.6. The first-order valence-corrected chi connectivity index (χ1v) is 10.3. The summed E-state index contributed by atoms with van der Waals surface area (Å²) in [7, 11) is -3.72. The van der Waals surface area contributed by atoms with Crippen molar-refractivity contribution in [2.75, 3.05) is 6.54 Å². The van der Waals surface area contributed by atoms with Crippen LogP contribution in [0.1, 0.15) is 39.0 Å². The van der Waals surface area contributed by atoms with Crippen LogP contribution in [0.5, 0.6) is 0 Å². The third kappa shape index (κ3) is 4.14. The number of hydrogen-bond donors (Lipinski definition) is 2. The first-order valence-electron chi connectivity index (χ1n) is 7.96. The number of hydrogen-bond acceptors (Lipinski definition) is 5. The third-order valence-electron chi connectivity index (χ3n) is 4.03. The maximum atomic E-state index is 12.6. The molecule has 1 aliphatic rings. The summed E-state index contributed by atoms with van der Waals surface area (Å²) in [6, 6.07) is 1.33. The van der Waals surface area contributed by atoms with E-state index in [9.17, 15) is 23.1 Å². The molecule has 1 aliphatic heterocycles.